The Morgan fingerprint density at radius 3 is 2.67 bits per heavy atom. The molecule has 0 atom stereocenters. The molecular weight excluding hydrogens is 497 g/mol. The van der Waals surface area contributed by atoms with E-state index in [1.807, 2.05) is 59.2 Å². The third-order valence-corrected chi connectivity index (χ3v) is 7.18. The molecule has 0 radical (unpaired) electrons. The number of nitrogens with zero attached hydrogens (tertiary/aromatic N) is 4. The summed E-state index contributed by atoms with van der Waals surface area (Å²) >= 11 is 2.83. The molecule has 0 saturated carbocycles. The Morgan fingerprint density at radius 1 is 1.06 bits per heavy atom. The number of thioether (sulfide) groups is 1. The average Bonchev–Trinajstić information content (AvgIpc) is 3.57. The standard InChI is InChI=1S/C26H20FN5O2S2/c1-34-19-11-7-8-17(14-19)24-30-31-26(32(24)18-9-3-2-4-10-18)36-16-23-28-22(15-35-23)25(33)29-21-13-6-5-12-20(21)27/h2-15H,16H2,1H3,(H,29,33). The van der Waals surface area contributed by atoms with E-state index >= 15 is 0 Å². The highest BCUT2D eigenvalue weighted by Crippen LogP contribution is 2.31. The predicted molar refractivity (Wildman–Crippen MR) is 139 cm³/mol. The number of methoxy groups -OCH3 is 1. The number of ether oxygens (including phenoxy) is 1. The normalized spacial score (nSPS) is 10.8. The molecule has 0 fully saturated rings. The average molecular weight is 518 g/mol. The second-order valence-electron chi connectivity index (χ2n) is 7.56. The summed E-state index contributed by atoms with van der Waals surface area (Å²) in [7, 11) is 1.63. The van der Waals surface area contributed by atoms with Gasteiger partial charge in [-0.3, -0.25) is 9.36 Å². The van der Waals surface area contributed by atoms with Crippen LogP contribution in [0.4, 0.5) is 10.1 Å². The van der Waals surface area contributed by atoms with Crippen molar-refractivity contribution in [3.63, 3.8) is 0 Å². The fourth-order valence-corrected chi connectivity index (χ4v) is 5.22. The number of aromatic nitrogens is 4. The van der Waals surface area contributed by atoms with Crippen LogP contribution in [-0.2, 0) is 5.75 Å². The van der Waals surface area contributed by atoms with Crippen LogP contribution in [0, 0.1) is 5.82 Å². The third kappa shape index (κ3) is 5.14. The highest BCUT2D eigenvalue weighted by Gasteiger charge is 2.18. The van der Waals surface area contributed by atoms with Crippen LogP contribution in [0.5, 0.6) is 5.75 Å². The fourth-order valence-electron chi connectivity index (χ4n) is 3.48. The van der Waals surface area contributed by atoms with E-state index in [9.17, 15) is 9.18 Å². The highest BCUT2D eigenvalue weighted by molar-refractivity contribution is 7.98. The summed E-state index contributed by atoms with van der Waals surface area (Å²) in [5, 5.41) is 14.5. The molecule has 7 nitrogen and oxygen atoms in total. The number of benzene rings is 3. The predicted octanol–water partition coefficient (Wildman–Crippen LogP) is 6.08. The van der Waals surface area contributed by atoms with Crippen LogP contribution >= 0.6 is 23.1 Å². The van der Waals surface area contributed by atoms with E-state index in [1.54, 1.807) is 24.6 Å². The number of carbonyl (C=O) groups is 1. The lowest BCUT2D eigenvalue weighted by molar-refractivity contribution is 0.102. The monoisotopic (exact) mass is 517 g/mol. The number of halogens is 1. The van der Waals surface area contributed by atoms with E-state index in [0.29, 0.717) is 16.7 Å². The number of hydrogen-bond donors (Lipinski definition) is 1. The zero-order valence-electron chi connectivity index (χ0n) is 19.1. The SMILES string of the molecule is COc1cccc(-c2nnc(SCc3nc(C(=O)Nc4ccccc4F)cs3)n2-c2ccccc2)c1. The quantitative estimate of drug-likeness (QED) is 0.251. The van der Waals surface area contributed by atoms with Crippen molar-refractivity contribution in [2.24, 2.45) is 0 Å². The Morgan fingerprint density at radius 2 is 1.86 bits per heavy atom. The van der Waals surface area contributed by atoms with Gasteiger partial charge >= 0.3 is 0 Å². The van der Waals surface area contributed by atoms with Gasteiger partial charge in [-0.2, -0.15) is 0 Å². The molecule has 0 aliphatic carbocycles. The Labute approximate surface area is 215 Å². The number of thiazole rings is 1. The van der Waals surface area contributed by atoms with E-state index in [1.165, 1.54) is 35.2 Å². The summed E-state index contributed by atoms with van der Waals surface area (Å²) in [6.07, 6.45) is 0. The van der Waals surface area contributed by atoms with Gasteiger partial charge in [-0.15, -0.1) is 21.5 Å². The van der Waals surface area contributed by atoms with Gasteiger partial charge < -0.3 is 10.1 Å². The highest BCUT2D eigenvalue weighted by atomic mass is 32.2. The van der Waals surface area contributed by atoms with Gasteiger partial charge in [0.25, 0.3) is 5.91 Å². The molecule has 10 heteroatoms. The van der Waals surface area contributed by atoms with E-state index in [-0.39, 0.29) is 11.4 Å². The third-order valence-electron chi connectivity index (χ3n) is 5.21. The largest absolute Gasteiger partial charge is 0.497 e. The first-order chi connectivity index (χ1) is 17.6. The van der Waals surface area contributed by atoms with E-state index < -0.39 is 11.7 Å². The zero-order chi connectivity index (χ0) is 24.9. The van der Waals surface area contributed by atoms with Crippen LogP contribution in [0.1, 0.15) is 15.5 Å². The molecule has 1 amide bonds. The molecule has 5 rings (SSSR count). The van der Waals surface area contributed by atoms with E-state index in [4.69, 9.17) is 4.74 Å². The van der Waals surface area contributed by atoms with E-state index in [2.05, 4.69) is 20.5 Å². The Kier molecular flexibility index (Phi) is 7.06. The minimum absolute atomic E-state index is 0.118. The van der Waals surface area contributed by atoms with Gasteiger partial charge in [0.1, 0.15) is 22.3 Å². The molecule has 0 aliphatic rings. The summed E-state index contributed by atoms with van der Waals surface area (Å²) in [6, 6.07) is 23.5. The van der Waals surface area contributed by atoms with Crippen molar-refractivity contribution in [3.05, 3.63) is 101 Å². The molecule has 0 aliphatic heterocycles. The number of amides is 1. The molecule has 0 bridgehead atoms. The molecule has 0 spiro atoms. The van der Waals surface area contributed by atoms with Crippen LogP contribution in [0.2, 0.25) is 0 Å². The summed E-state index contributed by atoms with van der Waals surface area (Å²) in [6.45, 7) is 0. The maximum Gasteiger partial charge on any atom is 0.275 e. The molecule has 0 saturated heterocycles. The first kappa shape index (κ1) is 23.7. The Balaban J connectivity index is 1.37. The van der Waals surface area contributed by atoms with Crippen LogP contribution in [0.15, 0.2) is 89.4 Å². The lowest BCUT2D eigenvalue weighted by Gasteiger charge is -2.10. The first-order valence-electron chi connectivity index (χ1n) is 10.9. The van der Waals surface area contributed by atoms with Crippen LogP contribution in [0.3, 0.4) is 0 Å². The van der Waals surface area contributed by atoms with Gasteiger partial charge in [0, 0.05) is 16.6 Å². The number of anilines is 1. The van der Waals surface area contributed by atoms with Gasteiger partial charge in [-0.25, -0.2) is 9.37 Å². The lowest BCUT2D eigenvalue weighted by Crippen LogP contribution is -2.13. The van der Waals surface area contributed by atoms with Crippen molar-refractivity contribution in [1.82, 2.24) is 19.7 Å². The van der Waals surface area contributed by atoms with Crippen molar-refractivity contribution < 1.29 is 13.9 Å². The first-order valence-corrected chi connectivity index (χ1v) is 12.8. The van der Waals surface area contributed by atoms with Gasteiger partial charge in [0.2, 0.25) is 0 Å². The van der Waals surface area contributed by atoms with Gasteiger partial charge in [-0.05, 0) is 36.4 Å². The van der Waals surface area contributed by atoms with Crippen LogP contribution in [0.25, 0.3) is 17.1 Å². The molecule has 180 valence electrons. The smallest absolute Gasteiger partial charge is 0.275 e. The maximum absolute atomic E-state index is 13.9. The summed E-state index contributed by atoms with van der Waals surface area (Å²) in [4.78, 5) is 17.0. The van der Waals surface area contributed by atoms with Crippen molar-refractivity contribution in [2.75, 3.05) is 12.4 Å². The summed E-state index contributed by atoms with van der Waals surface area (Å²) < 4.78 is 21.2. The lowest BCUT2D eigenvalue weighted by atomic mass is 10.2. The molecular formula is C26H20FN5O2S2. The number of para-hydroxylation sites is 2. The maximum atomic E-state index is 13.9. The molecule has 2 aromatic heterocycles. The number of hydrogen-bond acceptors (Lipinski definition) is 7. The van der Waals surface area contributed by atoms with Crippen LogP contribution in [-0.4, -0.2) is 32.8 Å². The molecule has 0 unspecified atom stereocenters. The molecule has 3 aromatic carbocycles. The Bertz CT molecular complexity index is 1500. The van der Waals surface area contributed by atoms with Crippen molar-refractivity contribution >= 4 is 34.7 Å². The number of rotatable bonds is 8. The van der Waals surface area contributed by atoms with Crippen molar-refractivity contribution in [2.45, 2.75) is 10.9 Å². The number of nitrogens with one attached hydrogen (secondary N) is 1. The molecule has 36 heavy (non-hydrogen) atoms. The van der Waals surface area contributed by atoms with E-state index in [0.717, 1.165) is 22.0 Å². The Hall–Kier alpha value is -4.02. The topological polar surface area (TPSA) is 81.9 Å². The second-order valence-corrected chi connectivity index (χ2v) is 9.44. The second kappa shape index (κ2) is 10.7. The molecule has 2 heterocycles. The van der Waals surface area contributed by atoms with Crippen molar-refractivity contribution in [3.8, 4) is 22.8 Å². The molecule has 5 aromatic rings. The van der Waals surface area contributed by atoms with Crippen molar-refractivity contribution in [1.29, 1.82) is 0 Å². The molecule has 1 N–H and O–H groups in total. The number of carbonyl (C=O) groups excluding carboxylic acids is 1. The minimum atomic E-state index is -0.496. The van der Waals surface area contributed by atoms with Gasteiger partial charge in [0.15, 0.2) is 11.0 Å². The van der Waals surface area contributed by atoms with Gasteiger partial charge in [-0.1, -0.05) is 54.2 Å². The summed E-state index contributed by atoms with van der Waals surface area (Å²) in [5.74, 6) is 0.949. The summed E-state index contributed by atoms with van der Waals surface area (Å²) in [5.41, 5.74) is 2.15. The fraction of sp³-hybridized carbons (Fsp3) is 0.0769. The van der Waals surface area contributed by atoms with Crippen LogP contribution < -0.4 is 10.1 Å². The zero-order valence-corrected chi connectivity index (χ0v) is 20.7. The van der Waals surface area contributed by atoms with Gasteiger partial charge in [0.05, 0.1) is 18.6 Å². The minimum Gasteiger partial charge on any atom is -0.497 e.